The van der Waals surface area contributed by atoms with E-state index in [0.717, 1.165) is 11.3 Å². The van der Waals surface area contributed by atoms with Crippen LogP contribution in [0.3, 0.4) is 0 Å². The Bertz CT molecular complexity index is 596. The van der Waals surface area contributed by atoms with Crippen LogP contribution in [0.5, 0.6) is 0 Å². The largest absolute Gasteiger partial charge is 0.387 e. The number of nitrogens with one attached hydrogen (secondary N) is 1. The molecule has 21 heavy (non-hydrogen) atoms. The summed E-state index contributed by atoms with van der Waals surface area (Å²) in [6, 6.07) is 13.4. The summed E-state index contributed by atoms with van der Waals surface area (Å²) >= 11 is 11.8. The molecule has 2 nitrogen and oxygen atoms in total. The molecule has 4 heteroatoms. The smallest absolute Gasteiger partial charge is 0.0962 e. The number of halogens is 2. The number of hydrogen-bond acceptors (Lipinski definition) is 2. The average Bonchev–Trinajstić information content (AvgIpc) is 2.48. The summed E-state index contributed by atoms with van der Waals surface area (Å²) in [4.78, 5) is 0. The first kappa shape index (κ1) is 16.2. The van der Waals surface area contributed by atoms with E-state index in [9.17, 15) is 5.11 Å². The number of aliphatic hydroxyl groups excluding tert-OH is 1. The first-order valence-corrected chi connectivity index (χ1v) is 7.70. The molecule has 0 fully saturated rings. The molecule has 1 atom stereocenters. The maximum Gasteiger partial charge on any atom is 0.0962 e. The van der Waals surface area contributed by atoms with Gasteiger partial charge in [-0.25, -0.2) is 0 Å². The zero-order valence-electron chi connectivity index (χ0n) is 12.1. The van der Waals surface area contributed by atoms with Crippen LogP contribution in [0.2, 0.25) is 10.0 Å². The lowest BCUT2D eigenvalue weighted by Gasteiger charge is -2.15. The Hall–Kier alpha value is -1.22. The molecule has 0 aromatic heterocycles. The van der Waals surface area contributed by atoms with Crippen molar-refractivity contribution in [2.75, 3.05) is 11.9 Å². The van der Waals surface area contributed by atoms with Crippen LogP contribution in [0.15, 0.2) is 42.5 Å². The lowest BCUT2D eigenvalue weighted by molar-refractivity contribution is 0.191. The van der Waals surface area contributed by atoms with Crippen molar-refractivity contribution in [3.8, 4) is 0 Å². The van der Waals surface area contributed by atoms with E-state index in [4.69, 9.17) is 23.2 Å². The van der Waals surface area contributed by atoms with Gasteiger partial charge in [-0.05, 0) is 35.2 Å². The van der Waals surface area contributed by atoms with E-state index in [1.807, 2.05) is 18.2 Å². The number of anilines is 1. The minimum absolute atomic E-state index is 0.416. The second-order valence-corrected chi connectivity index (χ2v) is 6.16. The van der Waals surface area contributed by atoms with Crippen molar-refractivity contribution in [2.24, 2.45) is 0 Å². The van der Waals surface area contributed by atoms with Gasteiger partial charge in [0, 0.05) is 12.2 Å². The van der Waals surface area contributed by atoms with E-state index in [1.165, 1.54) is 5.56 Å². The first-order chi connectivity index (χ1) is 9.97. The van der Waals surface area contributed by atoms with E-state index in [-0.39, 0.29) is 0 Å². The molecule has 2 aromatic carbocycles. The Labute approximate surface area is 135 Å². The van der Waals surface area contributed by atoms with E-state index in [0.29, 0.717) is 22.5 Å². The highest BCUT2D eigenvalue weighted by Crippen LogP contribution is 2.25. The molecule has 2 rings (SSSR count). The normalized spacial score (nSPS) is 12.5. The molecule has 0 spiro atoms. The SMILES string of the molecule is CC(C)c1ccc(C(O)CNc2ccc(Cl)c(Cl)c2)cc1. The van der Waals surface area contributed by atoms with E-state index < -0.39 is 6.10 Å². The number of hydrogen-bond donors (Lipinski definition) is 2. The Morgan fingerprint density at radius 3 is 2.14 bits per heavy atom. The highest BCUT2D eigenvalue weighted by atomic mass is 35.5. The lowest BCUT2D eigenvalue weighted by Crippen LogP contribution is -2.12. The summed E-state index contributed by atoms with van der Waals surface area (Å²) in [5, 5.41) is 14.4. The third kappa shape index (κ3) is 4.37. The van der Waals surface area contributed by atoms with Gasteiger partial charge < -0.3 is 10.4 Å². The molecule has 112 valence electrons. The van der Waals surface area contributed by atoms with Crippen LogP contribution in [0.4, 0.5) is 5.69 Å². The summed E-state index contributed by atoms with van der Waals surface area (Å²) in [6.07, 6.45) is -0.569. The van der Waals surface area contributed by atoms with Crippen LogP contribution in [0.1, 0.15) is 37.0 Å². The van der Waals surface area contributed by atoms with Crippen molar-refractivity contribution in [3.63, 3.8) is 0 Å². The van der Waals surface area contributed by atoms with Crippen LogP contribution in [0, 0.1) is 0 Å². The van der Waals surface area contributed by atoms with Crippen molar-refractivity contribution < 1.29 is 5.11 Å². The molecule has 0 aliphatic carbocycles. The molecule has 0 aliphatic heterocycles. The summed E-state index contributed by atoms with van der Waals surface area (Å²) in [5.74, 6) is 0.491. The summed E-state index contributed by atoms with van der Waals surface area (Å²) < 4.78 is 0. The van der Waals surface area contributed by atoms with Crippen LogP contribution >= 0.6 is 23.2 Å². The standard InChI is InChI=1S/C17H19Cl2NO/c1-11(2)12-3-5-13(6-4-12)17(21)10-20-14-7-8-15(18)16(19)9-14/h3-9,11,17,20-21H,10H2,1-2H3. The molecule has 0 saturated carbocycles. The van der Waals surface area contributed by atoms with E-state index in [1.54, 1.807) is 12.1 Å². The molecule has 0 radical (unpaired) electrons. The molecule has 1 unspecified atom stereocenters. The van der Waals surface area contributed by atoms with Gasteiger partial charge in [0.2, 0.25) is 0 Å². The van der Waals surface area contributed by atoms with Gasteiger partial charge >= 0.3 is 0 Å². The average molecular weight is 324 g/mol. The summed E-state index contributed by atoms with van der Waals surface area (Å²) in [6.45, 7) is 4.72. The topological polar surface area (TPSA) is 32.3 Å². The van der Waals surface area contributed by atoms with Gasteiger partial charge in [0.05, 0.1) is 16.1 Å². The monoisotopic (exact) mass is 323 g/mol. The second-order valence-electron chi connectivity index (χ2n) is 5.35. The van der Waals surface area contributed by atoms with Gasteiger partial charge in [-0.3, -0.25) is 0 Å². The maximum absolute atomic E-state index is 10.2. The minimum Gasteiger partial charge on any atom is -0.387 e. The molecule has 2 N–H and O–H groups in total. The van der Waals surface area contributed by atoms with Crippen molar-refractivity contribution in [2.45, 2.75) is 25.9 Å². The fraction of sp³-hybridized carbons (Fsp3) is 0.294. The van der Waals surface area contributed by atoms with Gasteiger partial charge in [-0.15, -0.1) is 0 Å². The third-order valence-corrected chi connectivity index (χ3v) is 4.15. The van der Waals surface area contributed by atoms with Gasteiger partial charge in [0.25, 0.3) is 0 Å². The van der Waals surface area contributed by atoms with Crippen LogP contribution < -0.4 is 5.32 Å². The fourth-order valence-corrected chi connectivity index (χ4v) is 2.34. The van der Waals surface area contributed by atoms with E-state index in [2.05, 4.69) is 31.3 Å². The molecule has 0 amide bonds. The highest BCUT2D eigenvalue weighted by Gasteiger charge is 2.08. The maximum atomic E-state index is 10.2. The van der Waals surface area contributed by atoms with Gasteiger partial charge in [0.15, 0.2) is 0 Å². The fourth-order valence-electron chi connectivity index (χ4n) is 2.04. The Kier molecular flexibility index (Phi) is 5.51. The van der Waals surface area contributed by atoms with Crippen LogP contribution in [0.25, 0.3) is 0 Å². The zero-order valence-corrected chi connectivity index (χ0v) is 13.6. The molecule has 0 aliphatic rings. The number of benzene rings is 2. The van der Waals surface area contributed by atoms with Crippen molar-refractivity contribution in [1.29, 1.82) is 0 Å². The predicted molar refractivity (Wildman–Crippen MR) is 90.4 cm³/mol. The minimum atomic E-state index is -0.569. The first-order valence-electron chi connectivity index (χ1n) is 6.94. The van der Waals surface area contributed by atoms with Crippen molar-refractivity contribution in [1.82, 2.24) is 0 Å². The molecular formula is C17H19Cl2NO. The summed E-state index contributed by atoms with van der Waals surface area (Å²) in [5.41, 5.74) is 3.00. The third-order valence-electron chi connectivity index (χ3n) is 3.41. The molecule has 0 heterocycles. The Balaban J connectivity index is 1.97. The molecule has 0 bridgehead atoms. The quantitative estimate of drug-likeness (QED) is 0.786. The zero-order chi connectivity index (χ0) is 15.4. The number of rotatable bonds is 5. The molecular weight excluding hydrogens is 305 g/mol. The van der Waals surface area contributed by atoms with Crippen molar-refractivity contribution >= 4 is 28.9 Å². The molecule has 0 saturated heterocycles. The van der Waals surface area contributed by atoms with Gasteiger partial charge in [-0.1, -0.05) is 61.3 Å². The Morgan fingerprint density at radius 2 is 1.57 bits per heavy atom. The molecule has 2 aromatic rings. The number of aliphatic hydroxyl groups is 1. The summed E-state index contributed by atoms with van der Waals surface area (Å²) in [7, 11) is 0. The van der Waals surface area contributed by atoms with Gasteiger partial charge in [0.1, 0.15) is 0 Å². The second kappa shape index (κ2) is 7.17. The lowest BCUT2D eigenvalue weighted by atomic mass is 10.00. The van der Waals surface area contributed by atoms with Gasteiger partial charge in [-0.2, -0.15) is 0 Å². The highest BCUT2D eigenvalue weighted by molar-refractivity contribution is 6.42. The van der Waals surface area contributed by atoms with Crippen molar-refractivity contribution in [3.05, 3.63) is 63.6 Å². The Morgan fingerprint density at radius 1 is 0.952 bits per heavy atom. The van der Waals surface area contributed by atoms with Crippen LogP contribution in [-0.4, -0.2) is 11.7 Å². The predicted octanol–water partition coefficient (Wildman–Crippen LogP) is 5.26. The van der Waals surface area contributed by atoms with E-state index >= 15 is 0 Å². The van der Waals surface area contributed by atoms with Crippen LogP contribution in [-0.2, 0) is 0 Å².